The number of pyridine rings is 1. The molecule has 2 amide bonds. The second-order valence-electron chi connectivity index (χ2n) is 7.82. The molecule has 152 valence electrons. The van der Waals surface area contributed by atoms with Gasteiger partial charge >= 0.3 is 0 Å². The summed E-state index contributed by atoms with van der Waals surface area (Å²) in [6, 6.07) is 8.13. The van der Waals surface area contributed by atoms with Gasteiger partial charge in [-0.3, -0.25) is 14.6 Å². The van der Waals surface area contributed by atoms with Crippen molar-refractivity contribution in [2.45, 2.75) is 44.3 Å². The van der Waals surface area contributed by atoms with Gasteiger partial charge in [-0.25, -0.2) is 4.39 Å². The minimum absolute atomic E-state index is 0.163. The van der Waals surface area contributed by atoms with E-state index >= 15 is 0 Å². The molecule has 0 saturated carbocycles. The lowest BCUT2D eigenvalue weighted by Gasteiger charge is -2.39. The number of nitrogens with one attached hydrogen (secondary N) is 1. The Balaban J connectivity index is 1.33. The van der Waals surface area contributed by atoms with Crippen molar-refractivity contribution in [3.05, 3.63) is 59.7 Å². The minimum atomic E-state index is -0.497. The Hall–Kier alpha value is -2.80. The molecule has 2 fully saturated rings. The highest BCUT2D eigenvalue weighted by molar-refractivity contribution is 5.95. The van der Waals surface area contributed by atoms with Gasteiger partial charge in [-0.1, -0.05) is 6.07 Å². The van der Waals surface area contributed by atoms with Gasteiger partial charge in [0.2, 0.25) is 0 Å². The number of benzene rings is 1. The lowest BCUT2D eigenvalue weighted by atomic mass is 9.88. The zero-order valence-corrected chi connectivity index (χ0v) is 16.4. The number of hydrogen-bond donors (Lipinski definition) is 1. The van der Waals surface area contributed by atoms with E-state index in [1.165, 1.54) is 6.07 Å². The van der Waals surface area contributed by atoms with Crippen molar-refractivity contribution in [3.8, 4) is 0 Å². The second kappa shape index (κ2) is 7.91. The Kier molecular flexibility index (Phi) is 5.32. The lowest BCUT2D eigenvalue weighted by Crippen LogP contribution is -2.47. The zero-order chi connectivity index (χ0) is 20.4. The molecule has 1 atom stereocenters. The third-order valence-corrected chi connectivity index (χ3v) is 5.86. The summed E-state index contributed by atoms with van der Waals surface area (Å²) in [6.45, 7) is 2.74. The molecule has 1 spiro atoms. The summed E-state index contributed by atoms with van der Waals surface area (Å²) in [7, 11) is 0. The Labute approximate surface area is 169 Å². The van der Waals surface area contributed by atoms with Crippen LogP contribution in [0.15, 0.2) is 42.7 Å². The largest absolute Gasteiger partial charge is 0.362 e. The molecule has 2 aliphatic heterocycles. The van der Waals surface area contributed by atoms with Gasteiger partial charge in [0.15, 0.2) is 0 Å². The molecule has 2 saturated heterocycles. The smallest absolute Gasteiger partial charge is 0.253 e. The van der Waals surface area contributed by atoms with Crippen LogP contribution in [0.1, 0.15) is 41.6 Å². The minimum Gasteiger partial charge on any atom is -0.362 e. The predicted molar refractivity (Wildman–Crippen MR) is 106 cm³/mol. The molecule has 4 rings (SSSR count). The number of piperidine rings is 1. The Morgan fingerprint density at radius 1 is 1.24 bits per heavy atom. The number of hydrogen-bond acceptors (Lipinski definition) is 4. The van der Waals surface area contributed by atoms with E-state index in [9.17, 15) is 14.0 Å². The molecule has 1 unspecified atom stereocenters. The fourth-order valence-corrected chi connectivity index (χ4v) is 4.05. The van der Waals surface area contributed by atoms with E-state index < -0.39 is 6.10 Å². The van der Waals surface area contributed by atoms with Gasteiger partial charge in [-0.15, -0.1) is 0 Å². The number of nitrogens with zero attached hydrogens (tertiary/aromatic N) is 2. The lowest BCUT2D eigenvalue weighted by molar-refractivity contribution is -0.135. The van der Waals surface area contributed by atoms with Crippen LogP contribution in [0, 0.1) is 12.7 Å². The number of rotatable bonds is 3. The van der Waals surface area contributed by atoms with E-state index in [0.717, 1.165) is 6.42 Å². The Morgan fingerprint density at radius 2 is 2.03 bits per heavy atom. The van der Waals surface area contributed by atoms with Crippen molar-refractivity contribution in [1.82, 2.24) is 9.88 Å². The number of aryl methyl sites for hydroxylation is 1. The summed E-state index contributed by atoms with van der Waals surface area (Å²) in [6.07, 6.45) is 5.54. The average Bonchev–Trinajstić information content (AvgIpc) is 3.15. The van der Waals surface area contributed by atoms with Crippen molar-refractivity contribution >= 4 is 17.5 Å². The van der Waals surface area contributed by atoms with Gasteiger partial charge < -0.3 is 15.0 Å². The first kappa shape index (κ1) is 19.5. The molecule has 7 heteroatoms. The molecule has 1 aromatic heterocycles. The molecular formula is C22H24FN3O3. The predicted octanol–water partition coefficient (Wildman–Crippen LogP) is 3.32. The summed E-state index contributed by atoms with van der Waals surface area (Å²) >= 11 is 0. The van der Waals surface area contributed by atoms with Crippen LogP contribution in [0.4, 0.5) is 10.1 Å². The van der Waals surface area contributed by atoms with E-state index in [1.54, 1.807) is 48.5 Å². The summed E-state index contributed by atoms with van der Waals surface area (Å²) < 4.78 is 20.0. The van der Waals surface area contributed by atoms with Crippen LogP contribution in [0.2, 0.25) is 0 Å². The number of amides is 2. The highest BCUT2D eigenvalue weighted by Crippen LogP contribution is 2.39. The number of anilines is 1. The van der Waals surface area contributed by atoms with Crippen molar-refractivity contribution < 1.29 is 18.7 Å². The highest BCUT2D eigenvalue weighted by atomic mass is 19.1. The Bertz CT molecular complexity index is 911. The molecule has 3 heterocycles. The monoisotopic (exact) mass is 397 g/mol. The number of halogens is 1. The van der Waals surface area contributed by atoms with E-state index in [-0.39, 0.29) is 23.2 Å². The quantitative estimate of drug-likeness (QED) is 0.863. The van der Waals surface area contributed by atoms with E-state index in [4.69, 9.17) is 4.74 Å². The first-order valence-electron chi connectivity index (χ1n) is 9.90. The summed E-state index contributed by atoms with van der Waals surface area (Å²) in [5.74, 6) is -0.697. The standard InChI is InChI=1S/C22H24FN3O3/c1-15-4-5-16(13-18(15)23)21(28)26-11-8-22(9-12-26)7-6-19(29-22)20(27)25-17-3-2-10-24-14-17/h2-5,10,13-14,19H,6-9,11-12H2,1H3,(H,25,27). The van der Waals surface area contributed by atoms with Gasteiger partial charge in [0.25, 0.3) is 11.8 Å². The van der Waals surface area contributed by atoms with Gasteiger partial charge in [0.05, 0.1) is 17.5 Å². The number of carbonyl (C=O) groups is 2. The summed E-state index contributed by atoms with van der Waals surface area (Å²) in [5, 5.41) is 2.84. The molecule has 2 aliphatic rings. The van der Waals surface area contributed by atoms with Crippen molar-refractivity contribution in [1.29, 1.82) is 0 Å². The Morgan fingerprint density at radius 3 is 2.72 bits per heavy atom. The van der Waals surface area contributed by atoms with Crippen LogP contribution >= 0.6 is 0 Å². The molecule has 1 aromatic carbocycles. The maximum absolute atomic E-state index is 13.8. The van der Waals surface area contributed by atoms with E-state index in [2.05, 4.69) is 10.3 Å². The number of likely N-dealkylation sites (tertiary alicyclic amines) is 1. The molecule has 29 heavy (non-hydrogen) atoms. The first-order chi connectivity index (χ1) is 14.0. The van der Waals surface area contributed by atoms with Crippen molar-refractivity contribution in [2.75, 3.05) is 18.4 Å². The zero-order valence-electron chi connectivity index (χ0n) is 16.4. The SMILES string of the molecule is Cc1ccc(C(=O)N2CCC3(CCC(C(=O)Nc4cccnc4)O3)CC2)cc1F. The van der Waals surface area contributed by atoms with Crippen LogP contribution < -0.4 is 5.32 Å². The van der Waals surface area contributed by atoms with Crippen LogP contribution in [0.3, 0.4) is 0 Å². The number of aromatic nitrogens is 1. The number of ether oxygens (including phenoxy) is 1. The third-order valence-electron chi connectivity index (χ3n) is 5.86. The van der Waals surface area contributed by atoms with Gasteiger partial charge in [0, 0.05) is 24.8 Å². The van der Waals surface area contributed by atoms with Gasteiger partial charge in [-0.2, -0.15) is 0 Å². The third kappa shape index (κ3) is 4.15. The molecule has 1 N–H and O–H groups in total. The van der Waals surface area contributed by atoms with Gasteiger partial charge in [0.1, 0.15) is 11.9 Å². The fraction of sp³-hybridized carbons (Fsp3) is 0.409. The maximum atomic E-state index is 13.8. The van der Waals surface area contributed by atoms with Crippen LogP contribution in [-0.2, 0) is 9.53 Å². The van der Waals surface area contributed by atoms with Crippen LogP contribution in [0.25, 0.3) is 0 Å². The van der Waals surface area contributed by atoms with Crippen LogP contribution in [0.5, 0.6) is 0 Å². The summed E-state index contributed by atoms with van der Waals surface area (Å²) in [5.41, 5.74) is 1.17. The van der Waals surface area contributed by atoms with E-state index in [1.807, 2.05) is 0 Å². The molecule has 6 nitrogen and oxygen atoms in total. The second-order valence-corrected chi connectivity index (χ2v) is 7.82. The van der Waals surface area contributed by atoms with Gasteiger partial charge in [-0.05, 0) is 62.4 Å². The maximum Gasteiger partial charge on any atom is 0.253 e. The number of carbonyl (C=O) groups excluding carboxylic acids is 2. The fourth-order valence-electron chi connectivity index (χ4n) is 4.05. The average molecular weight is 397 g/mol. The normalized spacial score (nSPS) is 20.6. The van der Waals surface area contributed by atoms with Crippen molar-refractivity contribution in [2.24, 2.45) is 0 Å². The topological polar surface area (TPSA) is 71.5 Å². The highest BCUT2D eigenvalue weighted by Gasteiger charge is 2.45. The molecule has 0 radical (unpaired) electrons. The molecular weight excluding hydrogens is 373 g/mol. The molecule has 0 aliphatic carbocycles. The molecule has 0 bridgehead atoms. The van der Waals surface area contributed by atoms with E-state index in [0.29, 0.717) is 49.2 Å². The molecule has 2 aromatic rings. The van der Waals surface area contributed by atoms with Crippen molar-refractivity contribution in [3.63, 3.8) is 0 Å². The van der Waals surface area contributed by atoms with Crippen LogP contribution in [-0.4, -0.2) is 46.5 Å². The first-order valence-corrected chi connectivity index (χ1v) is 9.90. The summed E-state index contributed by atoms with van der Waals surface area (Å²) in [4.78, 5) is 30.9.